The molecule has 31 heavy (non-hydrogen) atoms. The largest absolute Gasteiger partial charge is 0.490 e. The van der Waals surface area contributed by atoms with E-state index in [9.17, 15) is 13.2 Å². The van der Waals surface area contributed by atoms with Gasteiger partial charge in [0.2, 0.25) is 0 Å². The van der Waals surface area contributed by atoms with Gasteiger partial charge in [-0.1, -0.05) is 12.1 Å². The minimum atomic E-state index is -4.42. The number of benzene rings is 1. The van der Waals surface area contributed by atoms with Gasteiger partial charge in [0, 0.05) is 5.82 Å². The van der Waals surface area contributed by atoms with Crippen molar-refractivity contribution in [1.82, 2.24) is 0 Å². The summed E-state index contributed by atoms with van der Waals surface area (Å²) in [5.74, 6) is -0.585. The van der Waals surface area contributed by atoms with Gasteiger partial charge in [-0.2, -0.15) is 13.2 Å². The van der Waals surface area contributed by atoms with Crippen molar-refractivity contribution in [1.29, 1.82) is 0 Å². The summed E-state index contributed by atoms with van der Waals surface area (Å²) in [5.41, 5.74) is -1.98. The predicted molar refractivity (Wildman–Crippen MR) is 115 cm³/mol. The van der Waals surface area contributed by atoms with Crippen LogP contribution in [0.3, 0.4) is 0 Å². The summed E-state index contributed by atoms with van der Waals surface area (Å²) >= 11 is 0. The van der Waals surface area contributed by atoms with E-state index in [1.807, 2.05) is 55.4 Å². The van der Waals surface area contributed by atoms with E-state index in [1.165, 1.54) is 12.1 Å². The van der Waals surface area contributed by atoms with E-state index >= 15 is 0 Å². The molecule has 1 aromatic rings. The molecule has 9 heteroatoms. The second-order valence-corrected chi connectivity index (χ2v) is 10.4. The summed E-state index contributed by atoms with van der Waals surface area (Å²) < 4.78 is 64.1. The van der Waals surface area contributed by atoms with Crippen LogP contribution in [0.1, 0.15) is 72.3 Å². The van der Waals surface area contributed by atoms with Gasteiger partial charge >= 0.3 is 20.4 Å². The number of hydrogen-bond acceptors (Lipinski definition) is 4. The highest BCUT2D eigenvalue weighted by molar-refractivity contribution is 6.60. The zero-order valence-corrected chi connectivity index (χ0v) is 19.5. The number of rotatable bonds is 4. The number of allylic oxidation sites excluding steroid dienone is 1. The van der Waals surface area contributed by atoms with E-state index in [-0.39, 0.29) is 0 Å². The Morgan fingerprint density at radius 3 is 1.55 bits per heavy atom. The van der Waals surface area contributed by atoms with Crippen LogP contribution in [0, 0.1) is 0 Å². The molecule has 0 unspecified atom stereocenters. The third kappa shape index (κ3) is 4.34. The van der Waals surface area contributed by atoms with Gasteiger partial charge < -0.3 is 18.6 Å². The fourth-order valence-electron chi connectivity index (χ4n) is 3.59. The van der Waals surface area contributed by atoms with E-state index in [0.717, 1.165) is 12.1 Å². The first kappa shape index (κ1) is 24.4. The van der Waals surface area contributed by atoms with E-state index in [4.69, 9.17) is 18.6 Å². The molecule has 2 aliphatic heterocycles. The Hall–Kier alpha value is -1.28. The maximum absolute atomic E-state index is 13.1. The van der Waals surface area contributed by atoms with Crippen molar-refractivity contribution in [2.24, 2.45) is 0 Å². The number of halogens is 3. The van der Waals surface area contributed by atoms with Gasteiger partial charge in [0.15, 0.2) is 0 Å². The Kier molecular flexibility index (Phi) is 5.79. The highest BCUT2D eigenvalue weighted by atomic mass is 19.4. The maximum atomic E-state index is 13.1. The monoisotopic (exact) mass is 438 g/mol. The Morgan fingerprint density at radius 2 is 1.16 bits per heavy atom. The van der Waals surface area contributed by atoms with Crippen LogP contribution in [-0.4, -0.2) is 36.6 Å². The van der Waals surface area contributed by atoms with Crippen molar-refractivity contribution >= 4 is 14.2 Å². The van der Waals surface area contributed by atoms with Crippen LogP contribution in [-0.2, 0) is 24.8 Å². The zero-order chi connectivity index (χ0) is 23.6. The molecule has 3 rings (SSSR count). The van der Waals surface area contributed by atoms with Gasteiger partial charge in [-0.3, -0.25) is 0 Å². The van der Waals surface area contributed by atoms with Crippen LogP contribution in [0.4, 0.5) is 13.2 Å². The predicted octanol–water partition coefficient (Wildman–Crippen LogP) is 5.61. The summed E-state index contributed by atoms with van der Waals surface area (Å²) in [6.07, 6.45) is -4.42. The van der Waals surface area contributed by atoms with Gasteiger partial charge in [0.1, 0.15) is 0 Å². The Bertz CT molecular complexity index is 815. The first-order valence-electron chi connectivity index (χ1n) is 10.5. The molecule has 0 amide bonds. The molecule has 2 heterocycles. The van der Waals surface area contributed by atoms with Gasteiger partial charge in [-0.05, 0) is 78.6 Å². The lowest BCUT2D eigenvalue weighted by Gasteiger charge is -2.32. The molecular weight excluding hydrogens is 407 g/mol. The van der Waals surface area contributed by atoms with Crippen LogP contribution in [0.15, 0.2) is 36.3 Å². The molecule has 1 aromatic carbocycles. The van der Waals surface area contributed by atoms with Gasteiger partial charge in [0.05, 0.1) is 28.0 Å². The van der Waals surface area contributed by atoms with Crippen molar-refractivity contribution in [3.63, 3.8) is 0 Å². The average molecular weight is 438 g/mol. The quantitative estimate of drug-likeness (QED) is 0.573. The van der Waals surface area contributed by atoms with Crippen LogP contribution >= 0.6 is 0 Å². The SMILES string of the molecule is C=C(B1OC(C)(C)C(C)(C)O1)[C@H](B1OC(C)(C)C(C)(C)O1)c1ccc(C(F)(F)F)cc1. The molecule has 0 aromatic heterocycles. The normalized spacial score (nSPS) is 25.0. The van der Waals surface area contributed by atoms with Crippen molar-refractivity contribution in [2.45, 2.75) is 89.8 Å². The van der Waals surface area contributed by atoms with Gasteiger partial charge in [-0.25, -0.2) is 0 Å². The van der Waals surface area contributed by atoms with Gasteiger partial charge in [-0.15, -0.1) is 6.58 Å². The topological polar surface area (TPSA) is 36.9 Å². The Balaban J connectivity index is 1.99. The number of alkyl halides is 3. The fourth-order valence-corrected chi connectivity index (χ4v) is 3.59. The summed E-state index contributed by atoms with van der Waals surface area (Å²) in [6.45, 7) is 19.7. The molecule has 2 aliphatic rings. The lowest BCUT2D eigenvalue weighted by atomic mass is 9.55. The van der Waals surface area contributed by atoms with Crippen molar-refractivity contribution in [3.8, 4) is 0 Å². The summed E-state index contributed by atoms with van der Waals surface area (Å²) in [6, 6.07) is 5.00. The standard InChI is InChI=1S/C22H31B2F3O4/c1-14(23-28-18(2,3)19(4,5)29-23)17(24-30-20(6,7)21(8,9)31-24)15-10-12-16(13-11-15)22(25,26)27/h10-13,17H,1H2,2-9H3/t17-/m0/s1. The molecule has 1 atom stereocenters. The van der Waals surface area contributed by atoms with Crippen LogP contribution in [0.5, 0.6) is 0 Å². The molecule has 2 fully saturated rings. The van der Waals surface area contributed by atoms with Crippen LogP contribution < -0.4 is 0 Å². The molecule has 0 bridgehead atoms. The molecule has 4 nitrogen and oxygen atoms in total. The third-order valence-electron chi connectivity index (χ3n) is 7.10. The van der Waals surface area contributed by atoms with Crippen LogP contribution in [0.25, 0.3) is 0 Å². The molecule has 0 N–H and O–H groups in total. The summed E-state index contributed by atoms with van der Waals surface area (Å²) in [5, 5.41) is 0. The lowest BCUT2D eigenvalue weighted by molar-refractivity contribution is -0.137. The third-order valence-corrected chi connectivity index (χ3v) is 7.10. The molecule has 0 saturated carbocycles. The molecule has 0 radical (unpaired) electrons. The highest BCUT2D eigenvalue weighted by Gasteiger charge is 2.58. The average Bonchev–Trinajstić information content (AvgIpc) is 2.94. The van der Waals surface area contributed by atoms with Crippen molar-refractivity contribution in [3.05, 3.63) is 47.4 Å². The molecule has 170 valence electrons. The second-order valence-electron chi connectivity index (χ2n) is 10.4. The smallest absolute Gasteiger partial charge is 0.403 e. The Labute approximate surface area is 183 Å². The van der Waals surface area contributed by atoms with E-state index in [0.29, 0.717) is 11.0 Å². The zero-order valence-electron chi connectivity index (χ0n) is 19.5. The Morgan fingerprint density at radius 1 is 0.774 bits per heavy atom. The summed E-state index contributed by atoms with van der Waals surface area (Å²) in [4.78, 5) is 0. The highest BCUT2D eigenvalue weighted by Crippen LogP contribution is 2.46. The second kappa shape index (κ2) is 7.37. The van der Waals surface area contributed by atoms with E-state index in [2.05, 4.69) is 6.58 Å². The maximum Gasteiger partial charge on any atom is 0.490 e. The van der Waals surface area contributed by atoms with Gasteiger partial charge in [0.25, 0.3) is 0 Å². The van der Waals surface area contributed by atoms with E-state index in [1.54, 1.807) is 0 Å². The molecular formula is C22H31B2F3O4. The first-order valence-corrected chi connectivity index (χ1v) is 10.5. The van der Waals surface area contributed by atoms with Crippen LogP contribution in [0.2, 0.25) is 0 Å². The minimum Gasteiger partial charge on any atom is -0.403 e. The van der Waals surface area contributed by atoms with Crippen molar-refractivity contribution in [2.75, 3.05) is 0 Å². The lowest BCUT2D eigenvalue weighted by Crippen LogP contribution is -2.41. The van der Waals surface area contributed by atoms with E-state index < -0.39 is 54.2 Å². The fraction of sp³-hybridized carbons (Fsp3) is 0.636. The number of hydrogen-bond donors (Lipinski definition) is 0. The summed E-state index contributed by atoms with van der Waals surface area (Å²) in [7, 11) is -1.51. The minimum absolute atomic E-state index is 0.539. The molecule has 0 aliphatic carbocycles. The molecule has 0 spiro atoms. The first-order chi connectivity index (χ1) is 13.9. The van der Waals surface area contributed by atoms with Crippen molar-refractivity contribution < 1.29 is 31.8 Å². The molecule has 2 saturated heterocycles.